The van der Waals surface area contributed by atoms with Gasteiger partial charge in [-0.15, -0.1) is 0 Å². The molecule has 9 heteroatoms. The third-order valence-corrected chi connectivity index (χ3v) is 5.90. The highest BCUT2D eigenvalue weighted by Crippen LogP contribution is 2.21. The summed E-state index contributed by atoms with van der Waals surface area (Å²) < 4.78 is 38.8. The molecule has 0 spiro atoms. The monoisotopic (exact) mass is 490 g/mol. The molecule has 0 aromatic heterocycles. The molecule has 3 rings (SSSR count). The SMILES string of the molecule is COc1ccc(NC(=O)COc2ccc(S(=O)(=O)Nc3ccc(Br)cc3)cc2)cc1. The fraction of sp³-hybridized carbons (Fsp3) is 0.0952. The number of benzene rings is 3. The second-order valence-electron chi connectivity index (χ2n) is 6.15. The summed E-state index contributed by atoms with van der Waals surface area (Å²) in [7, 11) is -2.17. The molecule has 0 aliphatic rings. The van der Waals surface area contributed by atoms with Gasteiger partial charge in [0.1, 0.15) is 11.5 Å². The van der Waals surface area contributed by atoms with Crippen LogP contribution in [0.3, 0.4) is 0 Å². The first kappa shape index (κ1) is 21.7. The molecular weight excluding hydrogens is 472 g/mol. The lowest BCUT2D eigenvalue weighted by molar-refractivity contribution is -0.118. The van der Waals surface area contributed by atoms with E-state index in [0.717, 1.165) is 4.47 Å². The lowest BCUT2D eigenvalue weighted by atomic mass is 10.3. The van der Waals surface area contributed by atoms with Crippen LogP contribution in [-0.4, -0.2) is 28.0 Å². The van der Waals surface area contributed by atoms with E-state index in [1.807, 2.05) is 0 Å². The number of hydrogen-bond acceptors (Lipinski definition) is 5. The van der Waals surface area contributed by atoms with E-state index in [-0.39, 0.29) is 17.4 Å². The van der Waals surface area contributed by atoms with Gasteiger partial charge in [-0.3, -0.25) is 9.52 Å². The Bertz CT molecular complexity index is 1100. The number of ether oxygens (including phenoxy) is 2. The Morgan fingerprint density at radius 2 is 1.43 bits per heavy atom. The first-order chi connectivity index (χ1) is 14.4. The molecule has 1 amide bonds. The molecule has 0 aliphatic carbocycles. The molecule has 0 atom stereocenters. The number of hydrogen-bond donors (Lipinski definition) is 2. The van der Waals surface area contributed by atoms with Crippen molar-refractivity contribution in [1.29, 1.82) is 0 Å². The molecule has 0 heterocycles. The van der Waals surface area contributed by atoms with Crippen molar-refractivity contribution < 1.29 is 22.7 Å². The Morgan fingerprint density at radius 3 is 2.03 bits per heavy atom. The maximum atomic E-state index is 12.5. The van der Waals surface area contributed by atoms with E-state index >= 15 is 0 Å². The van der Waals surface area contributed by atoms with Gasteiger partial charge in [-0.25, -0.2) is 8.42 Å². The normalized spacial score (nSPS) is 10.9. The molecule has 0 aliphatic heterocycles. The molecule has 0 fully saturated rings. The van der Waals surface area contributed by atoms with E-state index in [0.29, 0.717) is 22.9 Å². The van der Waals surface area contributed by atoms with Gasteiger partial charge in [0.25, 0.3) is 15.9 Å². The van der Waals surface area contributed by atoms with Crippen molar-refractivity contribution in [2.75, 3.05) is 23.8 Å². The lowest BCUT2D eigenvalue weighted by Gasteiger charge is -2.10. The summed E-state index contributed by atoms with van der Waals surface area (Å²) >= 11 is 3.30. The van der Waals surface area contributed by atoms with E-state index in [4.69, 9.17) is 9.47 Å². The second kappa shape index (κ2) is 9.64. The second-order valence-corrected chi connectivity index (χ2v) is 8.75. The van der Waals surface area contributed by atoms with Crippen LogP contribution in [-0.2, 0) is 14.8 Å². The van der Waals surface area contributed by atoms with Crippen LogP contribution in [0.5, 0.6) is 11.5 Å². The predicted molar refractivity (Wildman–Crippen MR) is 119 cm³/mol. The van der Waals surface area contributed by atoms with Crippen LogP contribution in [0.15, 0.2) is 82.2 Å². The van der Waals surface area contributed by atoms with Gasteiger partial charge in [-0.1, -0.05) is 15.9 Å². The number of halogens is 1. The van der Waals surface area contributed by atoms with Gasteiger partial charge in [0.2, 0.25) is 0 Å². The van der Waals surface area contributed by atoms with Crippen molar-refractivity contribution >= 4 is 43.2 Å². The van der Waals surface area contributed by atoms with Crippen molar-refractivity contribution in [3.8, 4) is 11.5 Å². The topological polar surface area (TPSA) is 93.7 Å². The highest BCUT2D eigenvalue weighted by molar-refractivity contribution is 9.10. The van der Waals surface area contributed by atoms with Crippen molar-refractivity contribution in [3.05, 3.63) is 77.3 Å². The molecule has 156 valence electrons. The zero-order valence-corrected chi connectivity index (χ0v) is 18.4. The Balaban J connectivity index is 1.55. The van der Waals surface area contributed by atoms with Gasteiger partial charge in [0.05, 0.1) is 12.0 Å². The van der Waals surface area contributed by atoms with E-state index in [1.54, 1.807) is 55.6 Å². The number of carbonyl (C=O) groups is 1. The van der Waals surface area contributed by atoms with Crippen molar-refractivity contribution in [1.82, 2.24) is 0 Å². The zero-order valence-electron chi connectivity index (χ0n) is 16.0. The standard InChI is InChI=1S/C21H19BrN2O5S/c1-28-18-8-6-16(7-9-18)23-21(25)14-29-19-10-12-20(13-11-19)30(26,27)24-17-4-2-15(22)3-5-17/h2-13,24H,14H2,1H3,(H,23,25). The molecule has 0 saturated heterocycles. The van der Waals surface area contributed by atoms with Gasteiger partial charge in [-0.05, 0) is 72.8 Å². The van der Waals surface area contributed by atoms with Crippen LogP contribution in [0.1, 0.15) is 0 Å². The first-order valence-corrected chi connectivity index (χ1v) is 11.1. The zero-order chi connectivity index (χ0) is 21.6. The molecule has 0 radical (unpaired) electrons. The quantitative estimate of drug-likeness (QED) is 0.491. The third-order valence-electron chi connectivity index (χ3n) is 3.97. The summed E-state index contributed by atoms with van der Waals surface area (Å²) in [5.41, 5.74) is 1.07. The average molecular weight is 491 g/mol. The van der Waals surface area contributed by atoms with Crippen LogP contribution in [0.25, 0.3) is 0 Å². The fourth-order valence-electron chi connectivity index (χ4n) is 2.47. The maximum Gasteiger partial charge on any atom is 0.262 e. The molecule has 2 N–H and O–H groups in total. The molecule has 3 aromatic carbocycles. The minimum Gasteiger partial charge on any atom is -0.497 e. The predicted octanol–water partition coefficient (Wildman–Crippen LogP) is 4.28. The van der Waals surface area contributed by atoms with Gasteiger partial charge in [-0.2, -0.15) is 0 Å². The fourth-order valence-corrected chi connectivity index (χ4v) is 3.79. The van der Waals surface area contributed by atoms with Gasteiger partial charge < -0.3 is 14.8 Å². The van der Waals surface area contributed by atoms with E-state index in [1.165, 1.54) is 24.3 Å². The lowest BCUT2D eigenvalue weighted by Crippen LogP contribution is -2.20. The van der Waals surface area contributed by atoms with Crippen molar-refractivity contribution in [2.24, 2.45) is 0 Å². The summed E-state index contributed by atoms with van der Waals surface area (Å²) in [5.74, 6) is 0.727. The van der Waals surface area contributed by atoms with Crippen LogP contribution in [0.2, 0.25) is 0 Å². The van der Waals surface area contributed by atoms with E-state index in [9.17, 15) is 13.2 Å². The minimum atomic E-state index is -3.73. The smallest absolute Gasteiger partial charge is 0.262 e. The molecule has 3 aromatic rings. The average Bonchev–Trinajstić information content (AvgIpc) is 2.74. The first-order valence-electron chi connectivity index (χ1n) is 8.81. The van der Waals surface area contributed by atoms with Crippen LogP contribution in [0, 0.1) is 0 Å². The summed E-state index contributed by atoms with van der Waals surface area (Å²) in [5, 5.41) is 2.70. The third kappa shape index (κ3) is 5.98. The van der Waals surface area contributed by atoms with E-state index in [2.05, 4.69) is 26.0 Å². The summed E-state index contributed by atoms with van der Waals surface area (Å²) in [6, 6.07) is 19.5. The minimum absolute atomic E-state index is 0.0838. The number of rotatable bonds is 8. The van der Waals surface area contributed by atoms with Crippen LogP contribution in [0.4, 0.5) is 11.4 Å². The molecule has 0 saturated carbocycles. The molecule has 0 bridgehead atoms. The summed E-state index contributed by atoms with van der Waals surface area (Å²) in [6.07, 6.45) is 0. The van der Waals surface area contributed by atoms with Crippen LogP contribution < -0.4 is 19.5 Å². The molecular formula is C21H19BrN2O5S. The van der Waals surface area contributed by atoms with Crippen molar-refractivity contribution in [3.63, 3.8) is 0 Å². The molecule has 7 nitrogen and oxygen atoms in total. The summed E-state index contributed by atoms with van der Waals surface area (Å²) in [6.45, 7) is -0.213. The van der Waals surface area contributed by atoms with Gasteiger partial charge >= 0.3 is 0 Å². The van der Waals surface area contributed by atoms with Crippen LogP contribution >= 0.6 is 15.9 Å². The number of anilines is 2. The highest BCUT2D eigenvalue weighted by atomic mass is 79.9. The highest BCUT2D eigenvalue weighted by Gasteiger charge is 2.14. The number of amides is 1. The van der Waals surface area contributed by atoms with E-state index < -0.39 is 10.0 Å². The Hall–Kier alpha value is -3.04. The number of methoxy groups -OCH3 is 1. The molecule has 30 heavy (non-hydrogen) atoms. The Labute approximate surface area is 183 Å². The number of nitrogens with one attached hydrogen (secondary N) is 2. The number of carbonyl (C=O) groups excluding carboxylic acids is 1. The van der Waals surface area contributed by atoms with Gasteiger partial charge in [0.15, 0.2) is 6.61 Å². The van der Waals surface area contributed by atoms with Crippen molar-refractivity contribution in [2.45, 2.75) is 4.90 Å². The largest absolute Gasteiger partial charge is 0.497 e. The summed E-state index contributed by atoms with van der Waals surface area (Å²) in [4.78, 5) is 12.1. The van der Waals surface area contributed by atoms with Gasteiger partial charge in [0, 0.05) is 15.8 Å². The Morgan fingerprint density at radius 1 is 0.867 bits per heavy atom. The maximum absolute atomic E-state index is 12.5. The molecule has 0 unspecified atom stereocenters. The Kier molecular flexibility index (Phi) is 6.96. The number of sulfonamides is 1.